The highest BCUT2D eigenvalue weighted by Crippen LogP contribution is 1.89. The lowest BCUT2D eigenvalue weighted by Crippen LogP contribution is -1.95. The van der Waals surface area contributed by atoms with E-state index < -0.39 is 0 Å². The van der Waals surface area contributed by atoms with Gasteiger partial charge in [0.1, 0.15) is 12.9 Å². The molecule has 0 aliphatic carbocycles. The Labute approximate surface area is 52.5 Å². The number of allylic oxidation sites excluding steroid dienone is 2. The SMILES string of the molecule is O=C1/C=C\COO/C=C\1. The molecule has 0 saturated carbocycles. The van der Waals surface area contributed by atoms with Crippen molar-refractivity contribution in [1.82, 2.24) is 0 Å². The minimum atomic E-state index is -0.0849. The zero-order chi connectivity index (χ0) is 6.53. The van der Waals surface area contributed by atoms with Crippen molar-refractivity contribution in [3.63, 3.8) is 0 Å². The van der Waals surface area contributed by atoms with Gasteiger partial charge in [0.2, 0.25) is 0 Å². The summed E-state index contributed by atoms with van der Waals surface area (Å²) in [4.78, 5) is 19.4. The van der Waals surface area contributed by atoms with E-state index in [1.54, 1.807) is 6.08 Å². The van der Waals surface area contributed by atoms with Crippen molar-refractivity contribution in [3.05, 3.63) is 24.5 Å². The molecule has 0 aromatic heterocycles. The van der Waals surface area contributed by atoms with E-state index in [9.17, 15) is 4.79 Å². The average molecular weight is 126 g/mol. The Morgan fingerprint density at radius 3 is 3.22 bits per heavy atom. The molecule has 0 unspecified atom stereocenters. The van der Waals surface area contributed by atoms with Crippen molar-refractivity contribution in [1.29, 1.82) is 0 Å². The van der Waals surface area contributed by atoms with Crippen molar-refractivity contribution in [3.8, 4) is 0 Å². The molecule has 3 heteroatoms. The molecule has 0 aromatic carbocycles. The molecule has 0 spiro atoms. The molecule has 48 valence electrons. The maximum atomic E-state index is 10.5. The summed E-state index contributed by atoms with van der Waals surface area (Å²) in [7, 11) is 0. The molecule has 0 atom stereocenters. The average Bonchev–Trinajstić information content (AvgIpc) is 1.79. The fraction of sp³-hybridized carbons (Fsp3) is 0.167. The molecule has 0 radical (unpaired) electrons. The van der Waals surface area contributed by atoms with Gasteiger partial charge in [-0.15, -0.1) is 0 Å². The predicted molar refractivity (Wildman–Crippen MR) is 30.3 cm³/mol. The molecule has 0 saturated heterocycles. The summed E-state index contributed by atoms with van der Waals surface area (Å²) in [5.41, 5.74) is 0. The summed E-state index contributed by atoms with van der Waals surface area (Å²) in [6, 6.07) is 0. The Morgan fingerprint density at radius 1 is 1.44 bits per heavy atom. The van der Waals surface area contributed by atoms with Crippen molar-refractivity contribution in [2.24, 2.45) is 0 Å². The van der Waals surface area contributed by atoms with Gasteiger partial charge in [0.15, 0.2) is 5.78 Å². The highest BCUT2D eigenvalue weighted by Gasteiger charge is 1.91. The van der Waals surface area contributed by atoms with Crippen LogP contribution in [0.4, 0.5) is 0 Å². The number of hydrogen-bond donors (Lipinski definition) is 0. The molecule has 0 bridgehead atoms. The molecule has 0 fully saturated rings. The van der Waals surface area contributed by atoms with Crippen LogP contribution in [0.1, 0.15) is 0 Å². The molecule has 0 amide bonds. The monoisotopic (exact) mass is 126 g/mol. The third-order valence-corrected chi connectivity index (χ3v) is 0.802. The molecule has 1 aliphatic heterocycles. The topological polar surface area (TPSA) is 35.5 Å². The van der Waals surface area contributed by atoms with Crippen LogP contribution in [0.15, 0.2) is 24.5 Å². The van der Waals surface area contributed by atoms with Gasteiger partial charge in [-0.3, -0.25) is 4.79 Å². The molecule has 1 rings (SSSR count). The third kappa shape index (κ3) is 2.10. The van der Waals surface area contributed by atoms with Crippen molar-refractivity contribution in [2.45, 2.75) is 0 Å². The number of carbonyl (C=O) groups excluding carboxylic acids is 1. The van der Waals surface area contributed by atoms with E-state index in [0.29, 0.717) is 6.61 Å². The zero-order valence-electron chi connectivity index (χ0n) is 4.74. The molecule has 0 N–H and O–H groups in total. The normalized spacial score (nSPS) is 25.6. The smallest absolute Gasteiger partial charge is 0.181 e. The van der Waals surface area contributed by atoms with Gasteiger partial charge in [-0.05, 0) is 6.08 Å². The lowest BCUT2D eigenvalue weighted by Gasteiger charge is -1.96. The Bertz CT molecular complexity index is 142. The number of ketones is 1. The first-order valence-electron chi connectivity index (χ1n) is 2.55. The minimum absolute atomic E-state index is 0.0849. The van der Waals surface area contributed by atoms with Gasteiger partial charge in [0, 0.05) is 6.08 Å². The molecular formula is C6H6O3. The molecular weight excluding hydrogens is 120 g/mol. The van der Waals surface area contributed by atoms with Gasteiger partial charge in [0.25, 0.3) is 0 Å². The number of rotatable bonds is 0. The largest absolute Gasteiger partial charge is 0.345 e. The summed E-state index contributed by atoms with van der Waals surface area (Å²) < 4.78 is 0. The van der Waals surface area contributed by atoms with Gasteiger partial charge in [-0.1, -0.05) is 6.08 Å². The summed E-state index contributed by atoms with van der Waals surface area (Å²) >= 11 is 0. The Kier molecular flexibility index (Phi) is 2.04. The summed E-state index contributed by atoms with van der Waals surface area (Å²) in [6.45, 7) is 0.316. The standard InChI is InChI=1S/C6H6O3/c7-6-2-1-4-8-9-5-3-6/h1-3,5H,4H2/b2-1-,5-3-. The Balaban J connectivity index is 2.55. The van der Waals surface area contributed by atoms with E-state index >= 15 is 0 Å². The van der Waals surface area contributed by atoms with Crippen LogP contribution in [0, 0.1) is 0 Å². The van der Waals surface area contributed by atoms with Crippen LogP contribution < -0.4 is 0 Å². The predicted octanol–water partition coefficient (Wildman–Crippen LogP) is 0.587. The van der Waals surface area contributed by atoms with E-state index in [-0.39, 0.29) is 5.78 Å². The Hall–Kier alpha value is -1.09. The van der Waals surface area contributed by atoms with Gasteiger partial charge in [0.05, 0.1) is 0 Å². The lowest BCUT2D eigenvalue weighted by atomic mass is 10.3. The molecule has 1 heterocycles. The van der Waals surface area contributed by atoms with Crippen molar-refractivity contribution >= 4 is 5.78 Å². The van der Waals surface area contributed by atoms with Crippen molar-refractivity contribution < 1.29 is 14.6 Å². The van der Waals surface area contributed by atoms with Crippen LogP contribution in [0.3, 0.4) is 0 Å². The molecule has 9 heavy (non-hydrogen) atoms. The lowest BCUT2D eigenvalue weighted by molar-refractivity contribution is -0.239. The van der Waals surface area contributed by atoms with E-state index in [2.05, 4.69) is 9.78 Å². The van der Waals surface area contributed by atoms with E-state index in [0.717, 1.165) is 0 Å². The van der Waals surface area contributed by atoms with Crippen LogP contribution in [-0.2, 0) is 14.6 Å². The fourth-order valence-electron chi connectivity index (χ4n) is 0.433. The van der Waals surface area contributed by atoms with E-state index in [1.807, 2.05) is 0 Å². The van der Waals surface area contributed by atoms with Gasteiger partial charge >= 0.3 is 0 Å². The quantitative estimate of drug-likeness (QED) is 0.445. The van der Waals surface area contributed by atoms with Crippen LogP contribution in [-0.4, -0.2) is 12.4 Å². The fourth-order valence-corrected chi connectivity index (χ4v) is 0.433. The zero-order valence-corrected chi connectivity index (χ0v) is 4.74. The summed E-state index contributed by atoms with van der Waals surface area (Å²) in [6.07, 6.45) is 5.52. The summed E-state index contributed by atoms with van der Waals surface area (Å²) in [5.74, 6) is -0.0849. The minimum Gasteiger partial charge on any atom is -0.345 e. The molecule has 0 aromatic rings. The molecule has 3 nitrogen and oxygen atoms in total. The van der Waals surface area contributed by atoms with Crippen LogP contribution in [0.2, 0.25) is 0 Å². The second kappa shape index (κ2) is 3.04. The van der Waals surface area contributed by atoms with Crippen molar-refractivity contribution in [2.75, 3.05) is 6.61 Å². The highest BCUT2D eigenvalue weighted by atomic mass is 17.2. The maximum Gasteiger partial charge on any atom is 0.181 e. The third-order valence-electron chi connectivity index (χ3n) is 0.802. The first-order chi connectivity index (χ1) is 4.39. The second-order valence-electron chi connectivity index (χ2n) is 1.49. The number of carbonyl (C=O) groups is 1. The van der Waals surface area contributed by atoms with E-state index in [4.69, 9.17) is 0 Å². The van der Waals surface area contributed by atoms with Crippen LogP contribution in [0.25, 0.3) is 0 Å². The Morgan fingerprint density at radius 2 is 2.33 bits per heavy atom. The molecule has 1 aliphatic rings. The first kappa shape index (κ1) is 6.04. The second-order valence-corrected chi connectivity index (χ2v) is 1.49. The van der Waals surface area contributed by atoms with Gasteiger partial charge in [-0.25, -0.2) is 0 Å². The summed E-state index contributed by atoms with van der Waals surface area (Å²) in [5, 5.41) is 0. The van der Waals surface area contributed by atoms with E-state index in [1.165, 1.54) is 18.4 Å². The van der Waals surface area contributed by atoms with Gasteiger partial charge < -0.3 is 4.89 Å². The van der Waals surface area contributed by atoms with Gasteiger partial charge in [-0.2, -0.15) is 4.89 Å². The van der Waals surface area contributed by atoms with Crippen LogP contribution >= 0.6 is 0 Å². The first-order valence-corrected chi connectivity index (χ1v) is 2.55. The highest BCUT2D eigenvalue weighted by molar-refractivity contribution is 5.98. The maximum absolute atomic E-state index is 10.5. The number of hydrogen-bond acceptors (Lipinski definition) is 3. The van der Waals surface area contributed by atoms with Crippen LogP contribution in [0.5, 0.6) is 0 Å².